The van der Waals surface area contributed by atoms with Gasteiger partial charge in [-0.2, -0.15) is 0 Å². The molecule has 0 radical (unpaired) electrons. The van der Waals surface area contributed by atoms with Crippen molar-refractivity contribution in [2.75, 3.05) is 17.1 Å². The molecule has 1 amide bonds. The first-order valence-corrected chi connectivity index (χ1v) is 9.45. The summed E-state index contributed by atoms with van der Waals surface area (Å²) in [6, 6.07) is 8.03. The van der Waals surface area contributed by atoms with Crippen LogP contribution in [0.2, 0.25) is 0 Å². The van der Waals surface area contributed by atoms with Gasteiger partial charge in [0.05, 0.1) is 11.9 Å². The maximum atomic E-state index is 13.9. The predicted molar refractivity (Wildman–Crippen MR) is 91.4 cm³/mol. The Bertz CT molecular complexity index is 887. The predicted octanol–water partition coefficient (Wildman–Crippen LogP) is 2.58. The fraction of sp³-hybridized carbons (Fsp3) is 0.235. The topological polar surface area (TPSA) is 66.5 Å². The van der Waals surface area contributed by atoms with Gasteiger partial charge >= 0.3 is 0 Å². The number of amides is 1. The highest BCUT2D eigenvalue weighted by molar-refractivity contribution is 7.92. The standard InChI is InChI=1S/C17H17F3N2O3S/c1-26(24,25)22(16-7-6-14(19)10-15(16)20)9-8-17(23)21-11-12-2-4-13(18)5-3-12/h2-7,10H,8-9,11H2,1H3,(H,21,23). The molecular formula is C17H17F3N2O3S. The minimum atomic E-state index is -3.87. The molecule has 26 heavy (non-hydrogen) atoms. The summed E-state index contributed by atoms with van der Waals surface area (Å²) < 4.78 is 64.2. The van der Waals surface area contributed by atoms with Gasteiger partial charge in [-0.3, -0.25) is 9.10 Å². The van der Waals surface area contributed by atoms with E-state index in [9.17, 15) is 26.4 Å². The largest absolute Gasteiger partial charge is 0.352 e. The van der Waals surface area contributed by atoms with Gasteiger partial charge in [-0.25, -0.2) is 21.6 Å². The Labute approximate surface area is 149 Å². The first-order valence-electron chi connectivity index (χ1n) is 7.61. The molecule has 0 unspecified atom stereocenters. The van der Waals surface area contributed by atoms with Gasteiger partial charge in [0.2, 0.25) is 15.9 Å². The summed E-state index contributed by atoms with van der Waals surface area (Å²) in [5.41, 5.74) is 0.338. The second kappa shape index (κ2) is 8.22. The molecule has 0 aliphatic rings. The molecule has 2 aromatic rings. The summed E-state index contributed by atoms with van der Waals surface area (Å²) in [6.07, 6.45) is 0.636. The van der Waals surface area contributed by atoms with Crippen molar-refractivity contribution in [2.24, 2.45) is 0 Å². The van der Waals surface area contributed by atoms with Gasteiger partial charge in [-0.05, 0) is 29.8 Å². The van der Waals surface area contributed by atoms with Crippen LogP contribution in [0.5, 0.6) is 0 Å². The molecule has 140 valence electrons. The Balaban J connectivity index is 2.01. The third-order valence-corrected chi connectivity index (χ3v) is 4.70. The quantitative estimate of drug-likeness (QED) is 0.795. The fourth-order valence-electron chi connectivity index (χ4n) is 2.24. The molecule has 0 heterocycles. The Morgan fingerprint density at radius 1 is 1.04 bits per heavy atom. The van der Waals surface area contributed by atoms with Crippen molar-refractivity contribution in [3.8, 4) is 0 Å². The molecule has 0 fully saturated rings. The van der Waals surface area contributed by atoms with E-state index in [0.29, 0.717) is 15.9 Å². The van der Waals surface area contributed by atoms with Crippen molar-refractivity contribution in [1.29, 1.82) is 0 Å². The maximum absolute atomic E-state index is 13.9. The lowest BCUT2D eigenvalue weighted by molar-refractivity contribution is -0.121. The number of sulfonamides is 1. The number of halogens is 3. The first kappa shape index (κ1) is 19.8. The minimum absolute atomic E-state index is 0.142. The SMILES string of the molecule is CS(=O)(=O)N(CCC(=O)NCc1ccc(F)cc1)c1ccc(F)cc1F. The molecule has 1 N–H and O–H groups in total. The van der Waals surface area contributed by atoms with E-state index in [1.807, 2.05) is 0 Å². The average Bonchev–Trinajstić information content (AvgIpc) is 2.55. The molecule has 0 atom stereocenters. The van der Waals surface area contributed by atoms with E-state index in [2.05, 4.69) is 5.32 Å². The van der Waals surface area contributed by atoms with Crippen LogP contribution in [0.1, 0.15) is 12.0 Å². The summed E-state index contributed by atoms with van der Waals surface area (Å²) in [7, 11) is -3.87. The summed E-state index contributed by atoms with van der Waals surface area (Å²) in [5, 5.41) is 2.56. The van der Waals surface area contributed by atoms with E-state index in [-0.39, 0.29) is 25.2 Å². The lowest BCUT2D eigenvalue weighted by Crippen LogP contribution is -2.35. The Morgan fingerprint density at radius 2 is 1.65 bits per heavy atom. The van der Waals surface area contributed by atoms with E-state index in [1.165, 1.54) is 24.3 Å². The van der Waals surface area contributed by atoms with E-state index in [0.717, 1.165) is 18.4 Å². The molecule has 0 saturated carbocycles. The van der Waals surface area contributed by atoms with Gasteiger partial charge < -0.3 is 5.32 Å². The normalized spacial score (nSPS) is 11.2. The van der Waals surface area contributed by atoms with Gasteiger partial charge in [0.1, 0.15) is 17.5 Å². The number of carbonyl (C=O) groups is 1. The van der Waals surface area contributed by atoms with Crippen LogP contribution in [0.25, 0.3) is 0 Å². The van der Waals surface area contributed by atoms with Crippen LogP contribution in [-0.2, 0) is 21.4 Å². The van der Waals surface area contributed by atoms with Crippen molar-refractivity contribution >= 4 is 21.6 Å². The van der Waals surface area contributed by atoms with Crippen LogP contribution >= 0.6 is 0 Å². The number of carbonyl (C=O) groups excluding carboxylic acids is 1. The number of nitrogens with one attached hydrogen (secondary N) is 1. The van der Waals surface area contributed by atoms with E-state index < -0.39 is 33.4 Å². The third-order valence-electron chi connectivity index (χ3n) is 3.52. The zero-order chi connectivity index (χ0) is 19.3. The number of hydrogen-bond acceptors (Lipinski definition) is 3. The van der Waals surface area contributed by atoms with Crippen molar-refractivity contribution in [1.82, 2.24) is 5.32 Å². The zero-order valence-corrected chi connectivity index (χ0v) is 14.7. The molecule has 2 rings (SSSR count). The van der Waals surface area contributed by atoms with Gasteiger partial charge in [-0.1, -0.05) is 12.1 Å². The molecule has 0 bridgehead atoms. The van der Waals surface area contributed by atoms with Gasteiger partial charge in [-0.15, -0.1) is 0 Å². The minimum Gasteiger partial charge on any atom is -0.352 e. The highest BCUT2D eigenvalue weighted by Crippen LogP contribution is 2.22. The third kappa shape index (κ3) is 5.48. The van der Waals surface area contributed by atoms with Crippen molar-refractivity contribution in [3.63, 3.8) is 0 Å². The number of hydrogen-bond donors (Lipinski definition) is 1. The summed E-state index contributed by atoms with van der Waals surface area (Å²) in [4.78, 5) is 11.9. The molecule has 0 aliphatic heterocycles. The fourth-order valence-corrected chi connectivity index (χ4v) is 3.17. The lowest BCUT2D eigenvalue weighted by Gasteiger charge is -2.22. The number of rotatable bonds is 7. The average molecular weight is 386 g/mol. The molecule has 0 spiro atoms. The van der Waals surface area contributed by atoms with E-state index in [1.54, 1.807) is 0 Å². The maximum Gasteiger partial charge on any atom is 0.232 e. The Hall–Kier alpha value is -2.55. The van der Waals surface area contributed by atoms with Crippen molar-refractivity contribution < 1.29 is 26.4 Å². The van der Waals surface area contributed by atoms with Crippen LogP contribution in [0.15, 0.2) is 42.5 Å². The highest BCUT2D eigenvalue weighted by atomic mass is 32.2. The van der Waals surface area contributed by atoms with Crippen LogP contribution < -0.4 is 9.62 Å². The second-order valence-electron chi connectivity index (χ2n) is 5.58. The molecule has 2 aromatic carbocycles. The smallest absolute Gasteiger partial charge is 0.232 e. The van der Waals surface area contributed by atoms with E-state index in [4.69, 9.17) is 0 Å². The Morgan fingerprint density at radius 3 is 2.23 bits per heavy atom. The van der Waals surface area contributed by atoms with Crippen LogP contribution in [0.4, 0.5) is 18.9 Å². The molecule has 0 saturated heterocycles. The van der Waals surface area contributed by atoms with Crippen LogP contribution in [0, 0.1) is 17.5 Å². The van der Waals surface area contributed by atoms with E-state index >= 15 is 0 Å². The van der Waals surface area contributed by atoms with Crippen LogP contribution in [0.3, 0.4) is 0 Å². The molecule has 0 aromatic heterocycles. The van der Waals surface area contributed by atoms with Crippen molar-refractivity contribution in [2.45, 2.75) is 13.0 Å². The zero-order valence-electron chi connectivity index (χ0n) is 13.9. The van der Waals surface area contributed by atoms with Gasteiger partial charge in [0.15, 0.2) is 0 Å². The summed E-state index contributed by atoms with van der Waals surface area (Å²) in [5.74, 6) is -2.74. The molecule has 0 aliphatic carbocycles. The van der Waals surface area contributed by atoms with Crippen molar-refractivity contribution in [3.05, 3.63) is 65.5 Å². The number of anilines is 1. The van der Waals surface area contributed by atoms with Gasteiger partial charge in [0.25, 0.3) is 0 Å². The highest BCUT2D eigenvalue weighted by Gasteiger charge is 2.22. The lowest BCUT2D eigenvalue weighted by atomic mass is 10.2. The summed E-state index contributed by atoms with van der Waals surface area (Å²) >= 11 is 0. The summed E-state index contributed by atoms with van der Waals surface area (Å²) in [6.45, 7) is -0.167. The first-order chi connectivity index (χ1) is 12.2. The molecule has 5 nitrogen and oxygen atoms in total. The monoisotopic (exact) mass is 386 g/mol. The molecule has 9 heteroatoms. The Kier molecular flexibility index (Phi) is 6.25. The second-order valence-corrected chi connectivity index (χ2v) is 7.49. The van der Waals surface area contributed by atoms with Gasteiger partial charge in [0, 0.05) is 25.6 Å². The molecular weight excluding hydrogens is 369 g/mol. The van der Waals surface area contributed by atoms with Crippen LogP contribution in [-0.4, -0.2) is 27.1 Å². The number of nitrogens with zero attached hydrogens (tertiary/aromatic N) is 1. The number of benzene rings is 2.